The van der Waals surface area contributed by atoms with E-state index in [0.717, 1.165) is 12.8 Å². The zero-order valence-electron chi connectivity index (χ0n) is 16.6. The Kier molecular flexibility index (Phi) is 6.98. The van der Waals surface area contributed by atoms with Gasteiger partial charge in [0, 0.05) is 18.0 Å². The van der Waals surface area contributed by atoms with Crippen LogP contribution in [0.25, 0.3) is 0 Å². The highest BCUT2D eigenvalue weighted by molar-refractivity contribution is 6.03. The molecule has 7 heteroatoms. The van der Waals surface area contributed by atoms with Crippen LogP contribution in [-0.2, 0) is 4.74 Å². The van der Waals surface area contributed by atoms with Crippen molar-refractivity contribution in [2.75, 3.05) is 11.9 Å². The van der Waals surface area contributed by atoms with Crippen molar-refractivity contribution in [1.29, 1.82) is 0 Å². The van der Waals surface area contributed by atoms with Crippen molar-refractivity contribution in [2.45, 2.75) is 46.1 Å². The summed E-state index contributed by atoms with van der Waals surface area (Å²) in [6, 6.07) is 7.52. The van der Waals surface area contributed by atoms with Gasteiger partial charge in [-0.1, -0.05) is 13.3 Å². The van der Waals surface area contributed by atoms with Gasteiger partial charge in [-0.05, 0) is 51.5 Å². The molecule has 2 N–H and O–H groups in total. The number of H-pyrrole nitrogens is 1. The molecule has 0 radical (unpaired) electrons. The summed E-state index contributed by atoms with van der Waals surface area (Å²) in [5, 5.41) is 2.67. The molecule has 0 aliphatic rings. The first-order valence-electron chi connectivity index (χ1n) is 9.20. The predicted octanol–water partition coefficient (Wildman–Crippen LogP) is 3.76. The van der Waals surface area contributed by atoms with Crippen molar-refractivity contribution >= 4 is 17.6 Å². The topological polar surface area (TPSA) is 97.5 Å². The SMILES string of the molecule is CCCCOc1c[nH]c(C(=O)Nc2ccc(C(=O)OC(C)(C)C)cc2)cc1=O. The molecule has 1 heterocycles. The summed E-state index contributed by atoms with van der Waals surface area (Å²) in [5.41, 5.74) is 0.0445. The standard InChI is InChI=1S/C21H26N2O5/c1-5-6-11-27-18-13-22-16(12-17(18)24)19(25)23-15-9-7-14(8-10-15)20(26)28-21(2,3)4/h7-10,12-13H,5-6,11H2,1-4H3,(H,22,24)(H,23,25). The predicted molar refractivity (Wildman–Crippen MR) is 107 cm³/mol. The van der Waals surface area contributed by atoms with Gasteiger partial charge < -0.3 is 19.8 Å². The third-order valence-electron chi connectivity index (χ3n) is 3.65. The quantitative estimate of drug-likeness (QED) is 0.558. The second-order valence-electron chi connectivity index (χ2n) is 7.31. The first-order valence-corrected chi connectivity index (χ1v) is 9.20. The summed E-state index contributed by atoms with van der Waals surface area (Å²) in [6.07, 6.45) is 3.20. The van der Waals surface area contributed by atoms with Crippen molar-refractivity contribution < 1.29 is 19.1 Å². The van der Waals surface area contributed by atoms with E-state index in [1.807, 2.05) is 6.92 Å². The zero-order valence-corrected chi connectivity index (χ0v) is 16.6. The highest BCUT2D eigenvalue weighted by Gasteiger charge is 2.18. The van der Waals surface area contributed by atoms with Gasteiger partial charge in [0.05, 0.1) is 12.2 Å². The molecule has 7 nitrogen and oxygen atoms in total. The third kappa shape index (κ3) is 6.26. The molecule has 150 valence electrons. The Labute approximate surface area is 164 Å². The van der Waals surface area contributed by atoms with Gasteiger partial charge in [-0.25, -0.2) is 4.79 Å². The largest absolute Gasteiger partial charge is 0.488 e. The summed E-state index contributed by atoms with van der Waals surface area (Å²) in [4.78, 5) is 39.2. The number of ether oxygens (including phenoxy) is 2. The number of carbonyl (C=O) groups is 2. The molecule has 2 rings (SSSR count). The van der Waals surface area contributed by atoms with Crippen LogP contribution in [0.4, 0.5) is 5.69 Å². The minimum atomic E-state index is -0.581. The number of unbranched alkanes of at least 4 members (excludes halogenated alkanes) is 1. The number of esters is 1. The Morgan fingerprint density at radius 1 is 1.14 bits per heavy atom. The first-order chi connectivity index (χ1) is 13.2. The Morgan fingerprint density at radius 2 is 1.82 bits per heavy atom. The summed E-state index contributed by atoms with van der Waals surface area (Å²) < 4.78 is 10.7. The van der Waals surface area contributed by atoms with Crippen LogP contribution >= 0.6 is 0 Å². The molecule has 0 saturated carbocycles. The van der Waals surface area contributed by atoms with E-state index < -0.39 is 17.5 Å². The summed E-state index contributed by atoms with van der Waals surface area (Å²) >= 11 is 0. The van der Waals surface area contributed by atoms with Gasteiger partial charge in [0.15, 0.2) is 5.75 Å². The summed E-state index contributed by atoms with van der Waals surface area (Å²) in [6.45, 7) is 7.86. The van der Waals surface area contributed by atoms with Crippen LogP contribution in [-0.4, -0.2) is 29.1 Å². The fraction of sp³-hybridized carbons (Fsp3) is 0.381. The van der Waals surface area contributed by atoms with Gasteiger partial charge in [0.2, 0.25) is 5.43 Å². The van der Waals surface area contributed by atoms with Crippen molar-refractivity contribution in [3.8, 4) is 5.75 Å². The van der Waals surface area contributed by atoms with E-state index in [9.17, 15) is 14.4 Å². The van der Waals surface area contributed by atoms with Gasteiger partial charge >= 0.3 is 5.97 Å². The van der Waals surface area contributed by atoms with Gasteiger partial charge in [0.1, 0.15) is 11.3 Å². The number of amides is 1. The Hall–Kier alpha value is -3.09. The van der Waals surface area contributed by atoms with E-state index in [-0.39, 0.29) is 16.9 Å². The Morgan fingerprint density at radius 3 is 2.39 bits per heavy atom. The lowest BCUT2D eigenvalue weighted by Crippen LogP contribution is -2.23. The molecule has 0 unspecified atom stereocenters. The molecule has 0 saturated heterocycles. The number of anilines is 1. The third-order valence-corrected chi connectivity index (χ3v) is 3.65. The fourth-order valence-corrected chi connectivity index (χ4v) is 2.25. The number of pyridine rings is 1. The van der Waals surface area contributed by atoms with E-state index in [4.69, 9.17) is 9.47 Å². The van der Waals surface area contributed by atoms with Crippen LogP contribution in [0.1, 0.15) is 61.4 Å². The number of aromatic nitrogens is 1. The smallest absolute Gasteiger partial charge is 0.338 e. The maximum Gasteiger partial charge on any atom is 0.338 e. The molecule has 1 aromatic heterocycles. The minimum Gasteiger partial charge on any atom is -0.488 e. The number of nitrogens with one attached hydrogen (secondary N) is 2. The highest BCUT2D eigenvalue weighted by Crippen LogP contribution is 2.15. The van der Waals surface area contributed by atoms with Gasteiger partial charge in [0.25, 0.3) is 5.91 Å². The van der Waals surface area contributed by atoms with Crippen LogP contribution in [0.15, 0.2) is 41.3 Å². The molecule has 0 bridgehead atoms. The monoisotopic (exact) mass is 386 g/mol. The number of hydrogen-bond donors (Lipinski definition) is 2. The van der Waals surface area contributed by atoms with Crippen LogP contribution < -0.4 is 15.5 Å². The lowest BCUT2D eigenvalue weighted by molar-refractivity contribution is 0.00695. The van der Waals surface area contributed by atoms with Crippen molar-refractivity contribution in [3.63, 3.8) is 0 Å². The number of rotatable bonds is 7. The van der Waals surface area contributed by atoms with Crippen LogP contribution in [0.3, 0.4) is 0 Å². The van der Waals surface area contributed by atoms with E-state index >= 15 is 0 Å². The maximum atomic E-state index is 12.3. The van der Waals surface area contributed by atoms with E-state index in [1.165, 1.54) is 12.3 Å². The summed E-state index contributed by atoms with van der Waals surface area (Å²) in [7, 11) is 0. The van der Waals surface area contributed by atoms with Gasteiger partial charge in [-0.2, -0.15) is 0 Å². The average molecular weight is 386 g/mol. The second-order valence-corrected chi connectivity index (χ2v) is 7.31. The zero-order chi connectivity index (χ0) is 20.7. The van der Waals surface area contributed by atoms with Crippen molar-refractivity contribution in [3.05, 3.63) is 58.0 Å². The van der Waals surface area contributed by atoms with Crippen LogP contribution in [0, 0.1) is 0 Å². The van der Waals surface area contributed by atoms with Crippen LogP contribution in [0.2, 0.25) is 0 Å². The normalized spacial score (nSPS) is 11.0. The lowest BCUT2D eigenvalue weighted by atomic mass is 10.1. The molecule has 2 aromatic rings. The maximum absolute atomic E-state index is 12.3. The molecular weight excluding hydrogens is 360 g/mol. The van der Waals surface area contributed by atoms with Gasteiger partial charge in [-0.3, -0.25) is 9.59 Å². The first kappa shape index (κ1) is 21.2. The second kappa shape index (κ2) is 9.21. The molecule has 0 aliphatic heterocycles. The van der Waals surface area contributed by atoms with Crippen molar-refractivity contribution in [2.24, 2.45) is 0 Å². The average Bonchev–Trinajstić information content (AvgIpc) is 2.62. The molecular formula is C21H26N2O5. The van der Waals surface area contributed by atoms with Gasteiger partial charge in [-0.15, -0.1) is 0 Å². The number of aromatic amines is 1. The van der Waals surface area contributed by atoms with E-state index in [1.54, 1.807) is 45.0 Å². The van der Waals surface area contributed by atoms with Crippen LogP contribution in [0.5, 0.6) is 5.75 Å². The number of hydrogen-bond acceptors (Lipinski definition) is 5. The number of carbonyl (C=O) groups excluding carboxylic acids is 2. The molecule has 1 amide bonds. The molecule has 0 fully saturated rings. The lowest BCUT2D eigenvalue weighted by Gasteiger charge is -2.19. The molecule has 28 heavy (non-hydrogen) atoms. The fourth-order valence-electron chi connectivity index (χ4n) is 2.25. The summed E-state index contributed by atoms with van der Waals surface area (Å²) in [5.74, 6) is -0.720. The van der Waals surface area contributed by atoms with E-state index in [2.05, 4.69) is 10.3 Å². The Bertz CT molecular complexity index is 879. The van der Waals surface area contributed by atoms with E-state index in [0.29, 0.717) is 17.9 Å². The number of benzene rings is 1. The molecule has 1 aromatic carbocycles. The Balaban J connectivity index is 2.02. The molecule has 0 aliphatic carbocycles. The minimum absolute atomic E-state index is 0.115. The van der Waals surface area contributed by atoms with Crippen molar-refractivity contribution in [1.82, 2.24) is 4.98 Å². The molecule has 0 atom stereocenters. The molecule has 0 spiro atoms. The highest BCUT2D eigenvalue weighted by atomic mass is 16.6.